The Morgan fingerprint density at radius 2 is 1.92 bits per heavy atom. The molecule has 126 valence electrons. The van der Waals surface area contributed by atoms with Crippen LogP contribution in [0.4, 0.5) is 10.5 Å². The van der Waals surface area contributed by atoms with Gasteiger partial charge in [0.15, 0.2) is 0 Å². The van der Waals surface area contributed by atoms with Crippen molar-refractivity contribution in [2.24, 2.45) is 0 Å². The maximum Gasteiger partial charge on any atom is 0.411 e. The maximum atomic E-state index is 11.8. The van der Waals surface area contributed by atoms with Crippen LogP contribution in [0.3, 0.4) is 0 Å². The van der Waals surface area contributed by atoms with Crippen molar-refractivity contribution < 1.29 is 19.4 Å². The second-order valence-corrected chi connectivity index (χ2v) is 6.37. The number of anilines is 1. The van der Waals surface area contributed by atoms with Crippen LogP contribution in [0.5, 0.6) is 0 Å². The van der Waals surface area contributed by atoms with Crippen molar-refractivity contribution in [3.8, 4) is 0 Å². The Hall–Kier alpha value is -2.18. The summed E-state index contributed by atoms with van der Waals surface area (Å²) in [5, 5.41) is 11.7. The highest BCUT2D eigenvalue weighted by Crippen LogP contribution is 2.30. The standard InChI is InChI=1S/C17H16ClNO4S/c18-14-10-13(6-7-15(14)24-9-8-16(20)21)19-17(22)23-11-12-4-2-1-3-5-12/h1-7,10H,8-9,11H2,(H,19,22)(H,20,21). The van der Waals surface area contributed by atoms with E-state index < -0.39 is 12.1 Å². The van der Waals surface area contributed by atoms with E-state index in [-0.39, 0.29) is 13.0 Å². The van der Waals surface area contributed by atoms with Gasteiger partial charge in [-0.15, -0.1) is 11.8 Å². The number of thioether (sulfide) groups is 1. The van der Waals surface area contributed by atoms with E-state index in [1.807, 2.05) is 30.3 Å². The molecule has 0 aliphatic rings. The lowest BCUT2D eigenvalue weighted by atomic mass is 10.2. The van der Waals surface area contributed by atoms with Gasteiger partial charge in [0.25, 0.3) is 0 Å². The fraction of sp³-hybridized carbons (Fsp3) is 0.176. The molecule has 0 atom stereocenters. The van der Waals surface area contributed by atoms with Gasteiger partial charge in [0.05, 0.1) is 11.4 Å². The van der Waals surface area contributed by atoms with Crippen molar-refractivity contribution in [3.05, 3.63) is 59.1 Å². The maximum absolute atomic E-state index is 11.8. The first-order valence-electron chi connectivity index (χ1n) is 7.16. The molecule has 0 fully saturated rings. The van der Waals surface area contributed by atoms with E-state index in [0.717, 1.165) is 10.5 Å². The summed E-state index contributed by atoms with van der Waals surface area (Å²) < 4.78 is 5.13. The molecule has 0 bridgehead atoms. The first-order valence-corrected chi connectivity index (χ1v) is 8.53. The van der Waals surface area contributed by atoms with Crippen LogP contribution >= 0.6 is 23.4 Å². The van der Waals surface area contributed by atoms with Crippen LogP contribution in [0.25, 0.3) is 0 Å². The molecule has 2 aromatic carbocycles. The predicted molar refractivity (Wildman–Crippen MR) is 94.7 cm³/mol. The van der Waals surface area contributed by atoms with Gasteiger partial charge in [-0.1, -0.05) is 41.9 Å². The smallest absolute Gasteiger partial charge is 0.411 e. The van der Waals surface area contributed by atoms with E-state index >= 15 is 0 Å². The zero-order valence-corrected chi connectivity index (χ0v) is 14.3. The molecule has 0 heterocycles. The van der Waals surface area contributed by atoms with Crippen LogP contribution in [0.1, 0.15) is 12.0 Å². The van der Waals surface area contributed by atoms with E-state index in [9.17, 15) is 9.59 Å². The number of amides is 1. The summed E-state index contributed by atoms with van der Waals surface area (Å²) >= 11 is 7.49. The number of rotatable bonds is 7. The van der Waals surface area contributed by atoms with Crippen molar-refractivity contribution in [3.63, 3.8) is 0 Å². The Kier molecular flexibility index (Phi) is 6.96. The third kappa shape index (κ3) is 6.14. The summed E-state index contributed by atoms with van der Waals surface area (Å²) in [5.41, 5.74) is 1.41. The molecule has 0 saturated heterocycles. The fourth-order valence-corrected chi connectivity index (χ4v) is 3.02. The largest absolute Gasteiger partial charge is 0.481 e. The van der Waals surface area contributed by atoms with E-state index in [1.165, 1.54) is 11.8 Å². The van der Waals surface area contributed by atoms with Gasteiger partial charge in [0, 0.05) is 16.3 Å². The minimum absolute atomic E-state index is 0.0623. The average molecular weight is 366 g/mol. The minimum Gasteiger partial charge on any atom is -0.481 e. The number of ether oxygens (including phenoxy) is 1. The van der Waals surface area contributed by atoms with Gasteiger partial charge in [-0.3, -0.25) is 10.1 Å². The van der Waals surface area contributed by atoms with E-state index in [4.69, 9.17) is 21.4 Å². The highest BCUT2D eigenvalue weighted by atomic mass is 35.5. The molecule has 0 unspecified atom stereocenters. The molecule has 0 spiro atoms. The zero-order valence-electron chi connectivity index (χ0n) is 12.7. The third-order valence-corrected chi connectivity index (χ3v) is 4.46. The van der Waals surface area contributed by atoms with E-state index in [0.29, 0.717) is 16.5 Å². The Labute approximate surface area is 149 Å². The number of carbonyl (C=O) groups is 2. The summed E-state index contributed by atoms with van der Waals surface area (Å²) in [7, 11) is 0. The second-order valence-electron chi connectivity index (χ2n) is 4.82. The lowest BCUT2D eigenvalue weighted by Crippen LogP contribution is -2.13. The third-order valence-electron chi connectivity index (χ3n) is 2.96. The number of carbonyl (C=O) groups excluding carboxylic acids is 1. The first kappa shape index (κ1) is 18.2. The molecule has 0 aromatic heterocycles. The number of halogens is 1. The number of carboxylic acids is 1. The van der Waals surface area contributed by atoms with Crippen molar-refractivity contribution >= 4 is 41.1 Å². The SMILES string of the molecule is O=C(O)CCSc1ccc(NC(=O)OCc2ccccc2)cc1Cl. The van der Waals surface area contributed by atoms with Crippen molar-refractivity contribution in [2.45, 2.75) is 17.9 Å². The number of benzene rings is 2. The monoisotopic (exact) mass is 365 g/mol. The molecule has 24 heavy (non-hydrogen) atoms. The lowest BCUT2D eigenvalue weighted by molar-refractivity contribution is -0.136. The van der Waals surface area contributed by atoms with Gasteiger partial charge >= 0.3 is 12.1 Å². The summed E-state index contributed by atoms with van der Waals surface area (Å²) in [6.07, 6.45) is -0.506. The molecule has 2 aromatic rings. The molecule has 2 N–H and O–H groups in total. The van der Waals surface area contributed by atoms with Crippen LogP contribution in [-0.2, 0) is 16.1 Å². The first-order chi connectivity index (χ1) is 11.5. The van der Waals surface area contributed by atoms with Crippen molar-refractivity contribution in [1.29, 1.82) is 0 Å². The highest BCUT2D eigenvalue weighted by molar-refractivity contribution is 7.99. The highest BCUT2D eigenvalue weighted by Gasteiger charge is 2.08. The molecular formula is C17H16ClNO4S. The number of aliphatic carboxylic acids is 1. The summed E-state index contributed by atoms with van der Waals surface area (Å²) in [4.78, 5) is 23.1. The molecule has 7 heteroatoms. The van der Waals surface area contributed by atoms with Gasteiger partial charge in [-0.2, -0.15) is 0 Å². The topological polar surface area (TPSA) is 75.6 Å². The van der Waals surface area contributed by atoms with Crippen molar-refractivity contribution in [2.75, 3.05) is 11.1 Å². The Morgan fingerprint density at radius 1 is 1.17 bits per heavy atom. The molecule has 0 saturated carbocycles. The lowest BCUT2D eigenvalue weighted by Gasteiger charge is -2.09. The molecule has 5 nitrogen and oxygen atoms in total. The quantitative estimate of drug-likeness (QED) is 0.698. The summed E-state index contributed by atoms with van der Waals surface area (Å²) in [6.45, 7) is 0.184. The van der Waals surface area contributed by atoms with E-state index in [2.05, 4.69) is 5.32 Å². The molecule has 0 radical (unpaired) electrons. The van der Waals surface area contributed by atoms with E-state index in [1.54, 1.807) is 18.2 Å². The number of carboxylic acid groups (broad SMARTS) is 1. The number of hydrogen-bond acceptors (Lipinski definition) is 4. The molecule has 1 amide bonds. The fourth-order valence-electron chi connectivity index (χ4n) is 1.82. The molecule has 2 rings (SSSR count). The van der Waals surface area contributed by atoms with Crippen LogP contribution in [0.15, 0.2) is 53.4 Å². The van der Waals surface area contributed by atoms with Gasteiger partial charge in [-0.05, 0) is 23.8 Å². The summed E-state index contributed by atoms with van der Waals surface area (Å²) in [6, 6.07) is 14.4. The van der Waals surface area contributed by atoms with Crippen LogP contribution < -0.4 is 5.32 Å². The predicted octanol–water partition coefficient (Wildman–Crippen LogP) is 4.66. The minimum atomic E-state index is -0.849. The Morgan fingerprint density at radius 3 is 2.58 bits per heavy atom. The van der Waals surface area contributed by atoms with Crippen LogP contribution in [0, 0.1) is 0 Å². The van der Waals surface area contributed by atoms with Crippen LogP contribution in [0.2, 0.25) is 5.02 Å². The number of hydrogen-bond donors (Lipinski definition) is 2. The molecular weight excluding hydrogens is 350 g/mol. The normalized spacial score (nSPS) is 10.2. The van der Waals surface area contributed by atoms with Crippen LogP contribution in [-0.4, -0.2) is 22.9 Å². The Bertz CT molecular complexity index is 709. The average Bonchev–Trinajstić information content (AvgIpc) is 2.56. The second kappa shape index (κ2) is 9.20. The van der Waals surface area contributed by atoms with Crippen molar-refractivity contribution in [1.82, 2.24) is 0 Å². The van der Waals surface area contributed by atoms with Gasteiger partial charge < -0.3 is 9.84 Å². The van der Waals surface area contributed by atoms with Gasteiger partial charge in [0.1, 0.15) is 6.61 Å². The number of nitrogens with one attached hydrogen (secondary N) is 1. The van der Waals surface area contributed by atoms with Gasteiger partial charge in [0.2, 0.25) is 0 Å². The molecule has 0 aliphatic heterocycles. The summed E-state index contributed by atoms with van der Waals surface area (Å²) in [5.74, 6) is -0.418. The zero-order chi connectivity index (χ0) is 17.4. The molecule has 0 aliphatic carbocycles. The Balaban J connectivity index is 1.84. The van der Waals surface area contributed by atoms with Gasteiger partial charge in [-0.25, -0.2) is 4.79 Å².